The van der Waals surface area contributed by atoms with Crippen LogP contribution in [0.5, 0.6) is 0 Å². The first-order valence-corrected chi connectivity index (χ1v) is 6.54. The van der Waals surface area contributed by atoms with E-state index in [0.29, 0.717) is 0 Å². The molecule has 1 amide bonds. The van der Waals surface area contributed by atoms with Gasteiger partial charge in [0.2, 0.25) is 10.0 Å². The molecule has 0 radical (unpaired) electrons. The van der Waals surface area contributed by atoms with Crippen molar-refractivity contribution in [2.24, 2.45) is 5.14 Å². The SMILES string of the molecule is NS(=O)(=O)CCNC(=O)c1cccc([N+](=O)[O-])c1. The van der Waals surface area contributed by atoms with Crippen molar-refractivity contribution in [1.82, 2.24) is 5.32 Å². The maximum Gasteiger partial charge on any atom is 0.270 e. The Bertz CT molecular complexity index is 569. The fourth-order valence-corrected chi connectivity index (χ4v) is 1.56. The van der Waals surface area contributed by atoms with Gasteiger partial charge >= 0.3 is 0 Å². The van der Waals surface area contributed by atoms with Crippen molar-refractivity contribution in [3.05, 3.63) is 39.9 Å². The molecule has 0 spiro atoms. The van der Waals surface area contributed by atoms with E-state index < -0.39 is 26.6 Å². The van der Waals surface area contributed by atoms with Crippen LogP contribution in [0.25, 0.3) is 0 Å². The van der Waals surface area contributed by atoms with Gasteiger partial charge in [0.05, 0.1) is 10.7 Å². The zero-order chi connectivity index (χ0) is 13.8. The van der Waals surface area contributed by atoms with Gasteiger partial charge in [0.25, 0.3) is 11.6 Å². The Balaban J connectivity index is 2.67. The smallest absolute Gasteiger partial charge is 0.270 e. The monoisotopic (exact) mass is 273 g/mol. The van der Waals surface area contributed by atoms with Crippen molar-refractivity contribution in [3.8, 4) is 0 Å². The summed E-state index contributed by atoms with van der Waals surface area (Å²) in [6.07, 6.45) is 0. The van der Waals surface area contributed by atoms with Crippen LogP contribution in [0.1, 0.15) is 10.4 Å². The number of primary sulfonamides is 1. The predicted molar refractivity (Wildman–Crippen MR) is 63.4 cm³/mol. The number of carbonyl (C=O) groups is 1. The number of amides is 1. The van der Waals surface area contributed by atoms with Crippen LogP contribution in [-0.4, -0.2) is 31.5 Å². The van der Waals surface area contributed by atoms with E-state index in [1.165, 1.54) is 18.2 Å². The number of rotatable bonds is 5. The molecular weight excluding hydrogens is 262 g/mol. The minimum absolute atomic E-state index is 0.0821. The molecule has 8 nitrogen and oxygen atoms in total. The van der Waals surface area contributed by atoms with E-state index in [4.69, 9.17) is 5.14 Å². The molecule has 0 aromatic heterocycles. The fourth-order valence-electron chi connectivity index (χ4n) is 1.17. The average molecular weight is 273 g/mol. The van der Waals surface area contributed by atoms with E-state index in [2.05, 4.69) is 5.32 Å². The minimum atomic E-state index is -3.65. The van der Waals surface area contributed by atoms with Crippen molar-refractivity contribution >= 4 is 21.6 Å². The molecule has 0 aliphatic rings. The Kier molecular flexibility index (Phi) is 4.34. The highest BCUT2D eigenvalue weighted by Gasteiger charge is 2.11. The summed E-state index contributed by atoms with van der Waals surface area (Å²) < 4.78 is 21.3. The molecule has 0 saturated heterocycles. The van der Waals surface area contributed by atoms with Crippen LogP contribution in [0.15, 0.2) is 24.3 Å². The molecule has 0 aliphatic carbocycles. The number of carbonyl (C=O) groups excluding carboxylic acids is 1. The summed E-state index contributed by atoms with van der Waals surface area (Å²) >= 11 is 0. The topological polar surface area (TPSA) is 132 Å². The van der Waals surface area contributed by atoms with E-state index in [9.17, 15) is 23.3 Å². The first-order valence-electron chi connectivity index (χ1n) is 4.83. The molecule has 9 heteroatoms. The van der Waals surface area contributed by atoms with Gasteiger partial charge in [-0.2, -0.15) is 0 Å². The van der Waals surface area contributed by atoms with Crippen LogP contribution in [0.4, 0.5) is 5.69 Å². The normalized spacial score (nSPS) is 10.9. The van der Waals surface area contributed by atoms with Crippen LogP contribution >= 0.6 is 0 Å². The maximum absolute atomic E-state index is 11.5. The number of nitro benzene ring substituents is 1. The number of hydrogen-bond donors (Lipinski definition) is 2. The van der Waals surface area contributed by atoms with Crippen molar-refractivity contribution in [3.63, 3.8) is 0 Å². The summed E-state index contributed by atoms with van der Waals surface area (Å²) in [5.41, 5.74) is -0.132. The molecular formula is C9H11N3O5S. The number of benzene rings is 1. The van der Waals surface area contributed by atoms with E-state index in [-0.39, 0.29) is 17.8 Å². The second kappa shape index (κ2) is 5.56. The van der Waals surface area contributed by atoms with Crippen molar-refractivity contribution < 1.29 is 18.1 Å². The lowest BCUT2D eigenvalue weighted by Crippen LogP contribution is -2.31. The summed E-state index contributed by atoms with van der Waals surface area (Å²) in [5.74, 6) is -0.990. The Hall–Kier alpha value is -2.00. The lowest BCUT2D eigenvalue weighted by molar-refractivity contribution is -0.384. The molecule has 0 bridgehead atoms. The number of hydrogen-bond acceptors (Lipinski definition) is 5. The van der Waals surface area contributed by atoms with Crippen LogP contribution in [0.2, 0.25) is 0 Å². The molecule has 0 fully saturated rings. The number of nitrogens with one attached hydrogen (secondary N) is 1. The number of non-ortho nitro benzene ring substituents is 1. The fraction of sp³-hybridized carbons (Fsp3) is 0.222. The van der Waals surface area contributed by atoms with Gasteiger partial charge in [0, 0.05) is 24.2 Å². The average Bonchev–Trinajstić information content (AvgIpc) is 2.27. The van der Waals surface area contributed by atoms with Gasteiger partial charge in [-0.1, -0.05) is 6.07 Å². The summed E-state index contributed by atoms with van der Waals surface area (Å²) in [5, 5.41) is 17.6. The highest BCUT2D eigenvalue weighted by atomic mass is 32.2. The Morgan fingerprint density at radius 1 is 1.44 bits per heavy atom. The Labute approximate surface area is 103 Å². The second-order valence-electron chi connectivity index (χ2n) is 3.43. The maximum atomic E-state index is 11.5. The van der Waals surface area contributed by atoms with E-state index in [1.54, 1.807) is 0 Å². The third-order valence-electron chi connectivity index (χ3n) is 1.99. The summed E-state index contributed by atoms with van der Waals surface area (Å²) in [7, 11) is -3.65. The molecule has 18 heavy (non-hydrogen) atoms. The van der Waals surface area contributed by atoms with Crippen LogP contribution < -0.4 is 10.5 Å². The summed E-state index contributed by atoms with van der Waals surface area (Å²) in [6, 6.07) is 5.11. The zero-order valence-electron chi connectivity index (χ0n) is 9.20. The van der Waals surface area contributed by atoms with Crippen molar-refractivity contribution in [1.29, 1.82) is 0 Å². The molecule has 0 aliphatic heterocycles. The molecule has 98 valence electrons. The van der Waals surface area contributed by atoms with Crippen LogP contribution in [-0.2, 0) is 10.0 Å². The molecule has 1 rings (SSSR count). The first-order chi connectivity index (χ1) is 8.29. The van der Waals surface area contributed by atoms with Gasteiger partial charge < -0.3 is 5.32 Å². The molecule has 1 aromatic rings. The molecule has 3 N–H and O–H groups in total. The highest BCUT2D eigenvalue weighted by Crippen LogP contribution is 2.12. The van der Waals surface area contributed by atoms with Gasteiger partial charge in [0.1, 0.15) is 0 Å². The van der Waals surface area contributed by atoms with E-state index in [1.807, 2.05) is 0 Å². The lowest BCUT2D eigenvalue weighted by atomic mass is 10.2. The standard InChI is InChI=1S/C9H11N3O5S/c10-18(16,17)5-4-11-9(13)7-2-1-3-8(6-7)12(14)15/h1-3,6H,4-5H2,(H,11,13)(H2,10,16,17). The largest absolute Gasteiger partial charge is 0.351 e. The Morgan fingerprint density at radius 3 is 2.67 bits per heavy atom. The molecule has 0 heterocycles. The summed E-state index contributed by atoms with van der Waals surface area (Å²) in [4.78, 5) is 21.4. The minimum Gasteiger partial charge on any atom is -0.351 e. The zero-order valence-corrected chi connectivity index (χ0v) is 10.0. The predicted octanol–water partition coefficient (Wildman–Crippen LogP) is -0.387. The number of nitrogens with two attached hydrogens (primary N) is 1. The quantitative estimate of drug-likeness (QED) is 0.557. The summed E-state index contributed by atoms with van der Waals surface area (Å²) in [6.45, 7) is -0.152. The first kappa shape index (κ1) is 14.1. The molecule has 0 atom stereocenters. The molecule has 0 saturated carbocycles. The van der Waals surface area contributed by atoms with Crippen LogP contribution in [0, 0.1) is 10.1 Å². The number of nitrogens with zero attached hydrogens (tertiary/aromatic N) is 1. The van der Waals surface area contributed by atoms with Gasteiger partial charge in [-0.15, -0.1) is 0 Å². The third kappa shape index (κ3) is 4.47. The number of nitro groups is 1. The lowest BCUT2D eigenvalue weighted by Gasteiger charge is -2.03. The van der Waals surface area contributed by atoms with Gasteiger partial charge in [-0.3, -0.25) is 14.9 Å². The molecule has 1 aromatic carbocycles. The third-order valence-corrected chi connectivity index (χ3v) is 2.76. The molecule has 0 unspecified atom stereocenters. The second-order valence-corrected chi connectivity index (χ2v) is 5.16. The van der Waals surface area contributed by atoms with E-state index >= 15 is 0 Å². The highest BCUT2D eigenvalue weighted by molar-refractivity contribution is 7.89. The Morgan fingerprint density at radius 2 is 2.11 bits per heavy atom. The van der Waals surface area contributed by atoms with E-state index in [0.717, 1.165) is 6.07 Å². The van der Waals surface area contributed by atoms with Crippen molar-refractivity contribution in [2.45, 2.75) is 0 Å². The van der Waals surface area contributed by atoms with Gasteiger partial charge in [-0.25, -0.2) is 13.6 Å². The number of sulfonamides is 1. The van der Waals surface area contributed by atoms with Crippen molar-refractivity contribution in [2.75, 3.05) is 12.3 Å². The van der Waals surface area contributed by atoms with Gasteiger partial charge in [0.15, 0.2) is 0 Å². The van der Waals surface area contributed by atoms with Crippen LogP contribution in [0.3, 0.4) is 0 Å². The van der Waals surface area contributed by atoms with Gasteiger partial charge in [-0.05, 0) is 6.07 Å².